The number of carbonyl (C=O) groups is 2. The number of hydrogen-bond acceptors (Lipinski definition) is 4. The molecule has 0 aromatic heterocycles. The van der Waals surface area contributed by atoms with E-state index < -0.39 is 11.9 Å². The van der Waals surface area contributed by atoms with Crippen LogP contribution in [0, 0.1) is 0 Å². The Balaban J connectivity index is -0.00000116. The van der Waals surface area contributed by atoms with Crippen molar-refractivity contribution in [3.8, 4) is 0 Å². The van der Waals surface area contributed by atoms with Crippen molar-refractivity contribution in [2.75, 3.05) is 0 Å². The molecule has 0 spiro atoms. The molecule has 0 saturated carbocycles. The minimum atomic E-state index is -0.899. The van der Waals surface area contributed by atoms with E-state index in [1.54, 1.807) is 0 Å². The van der Waals surface area contributed by atoms with Crippen molar-refractivity contribution in [2.24, 2.45) is 0 Å². The van der Waals surface area contributed by atoms with Crippen LogP contribution in [0.5, 0.6) is 0 Å². The summed E-state index contributed by atoms with van der Waals surface area (Å²) >= 11 is 0. The van der Waals surface area contributed by atoms with Gasteiger partial charge in [-0.05, 0) is 25.7 Å². The van der Waals surface area contributed by atoms with Crippen molar-refractivity contribution in [3.05, 3.63) is 0 Å². The van der Waals surface area contributed by atoms with Crippen molar-refractivity contribution in [1.82, 2.24) is 0 Å². The molecule has 0 unspecified atom stereocenters. The molecule has 0 aromatic rings. The van der Waals surface area contributed by atoms with Crippen molar-refractivity contribution in [3.63, 3.8) is 0 Å². The molecule has 0 N–H and O–H groups in total. The molecule has 0 amide bonds. The van der Waals surface area contributed by atoms with Crippen molar-refractivity contribution in [2.45, 2.75) is 373 Å². The Morgan fingerprint density at radius 1 is 0.200 bits per heavy atom. The molecule has 0 rings (SSSR count). The first-order valence-corrected chi connectivity index (χ1v) is 29.9. The summed E-state index contributed by atoms with van der Waals surface area (Å²) in [5.41, 5.74) is 0. The van der Waals surface area contributed by atoms with Gasteiger partial charge in [-0.15, -0.1) is 0 Å². The molecule has 0 heterocycles. The van der Waals surface area contributed by atoms with Gasteiger partial charge in [0.1, 0.15) is 0 Å². The van der Waals surface area contributed by atoms with E-state index in [-0.39, 0.29) is 35.9 Å². The van der Waals surface area contributed by atoms with Gasteiger partial charge in [0.25, 0.3) is 0 Å². The molecule has 0 saturated heterocycles. The van der Waals surface area contributed by atoms with Crippen LogP contribution in [0.4, 0.5) is 0 Å². The third-order valence-corrected chi connectivity index (χ3v) is 14.0. The summed E-state index contributed by atoms with van der Waals surface area (Å²) in [5.74, 6) is -1.80. The van der Waals surface area contributed by atoms with Gasteiger partial charge in [0, 0.05) is 11.9 Å². The van der Waals surface area contributed by atoms with Crippen molar-refractivity contribution < 1.29 is 19.8 Å². The molecule has 0 atom stereocenters. The van der Waals surface area contributed by atoms with Gasteiger partial charge in [-0.3, -0.25) is 0 Å². The third-order valence-electron chi connectivity index (χ3n) is 14.0. The fraction of sp³-hybridized carbons (Fsp3) is 0.967. The van der Waals surface area contributed by atoms with Crippen LogP contribution in [0.3, 0.4) is 0 Å². The van der Waals surface area contributed by atoms with E-state index in [4.69, 9.17) is 0 Å². The predicted octanol–water partition coefficient (Wildman–Crippen LogP) is 19.0. The second kappa shape index (κ2) is 65.8. The summed E-state index contributed by atoms with van der Waals surface area (Å²) in [7, 11) is 0. The molecule has 0 aliphatic rings. The van der Waals surface area contributed by atoms with Crippen molar-refractivity contribution in [1.29, 1.82) is 0 Å². The molecular formula is C60H118MgO4. The molecule has 0 bridgehead atoms. The third kappa shape index (κ3) is 72.8. The van der Waals surface area contributed by atoms with Gasteiger partial charge in [-0.1, -0.05) is 348 Å². The fourth-order valence-electron chi connectivity index (χ4n) is 9.52. The van der Waals surface area contributed by atoms with Gasteiger partial charge in [0.05, 0.1) is 0 Å². The number of hydrogen-bond donors (Lipinski definition) is 0. The van der Waals surface area contributed by atoms with Crippen molar-refractivity contribution >= 4 is 35.0 Å². The number of unbranched alkanes of at least 4 members (excludes halogenated alkanes) is 52. The molecule has 0 aliphatic heterocycles. The second-order valence-corrected chi connectivity index (χ2v) is 20.6. The molecule has 5 heteroatoms. The van der Waals surface area contributed by atoms with E-state index in [2.05, 4.69) is 13.8 Å². The van der Waals surface area contributed by atoms with Crippen LogP contribution in [0.1, 0.15) is 373 Å². The largest absolute Gasteiger partial charge is 2.00 e. The second-order valence-electron chi connectivity index (χ2n) is 20.6. The minimum absolute atomic E-state index is 0. The van der Waals surface area contributed by atoms with Gasteiger partial charge in [-0.25, -0.2) is 0 Å². The molecule has 384 valence electrons. The molecule has 0 fully saturated rings. The SMILES string of the molecule is CCCCCCCCCCCCCCCCCCCCCCCCCCCCCC(=O)[O-].CCCCCCCCCCCCCCCCCCCCCCCCCCCCCC(=O)[O-].[Mg+2]. The van der Waals surface area contributed by atoms with Gasteiger partial charge < -0.3 is 19.8 Å². The average molecular weight is 928 g/mol. The average Bonchev–Trinajstić information content (AvgIpc) is 3.28. The Morgan fingerprint density at radius 2 is 0.292 bits per heavy atom. The quantitative estimate of drug-likeness (QED) is 0.0450. The zero-order chi connectivity index (χ0) is 46.8. The maximum absolute atomic E-state index is 10.3. The summed E-state index contributed by atoms with van der Waals surface area (Å²) in [5, 5.41) is 20.7. The van der Waals surface area contributed by atoms with E-state index in [0.717, 1.165) is 25.7 Å². The first kappa shape index (κ1) is 69.0. The Bertz CT molecular complexity index is 781. The number of carboxylic acids is 2. The van der Waals surface area contributed by atoms with E-state index in [1.807, 2.05) is 0 Å². The van der Waals surface area contributed by atoms with Crippen LogP contribution in [0.2, 0.25) is 0 Å². The number of carboxylic acid groups (broad SMARTS) is 2. The number of rotatable bonds is 56. The maximum atomic E-state index is 10.3. The smallest absolute Gasteiger partial charge is 0.550 e. The predicted molar refractivity (Wildman–Crippen MR) is 286 cm³/mol. The minimum Gasteiger partial charge on any atom is -0.550 e. The van der Waals surface area contributed by atoms with E-state index in [9.17, 15) is 19.8 Å². The van der Waals surface area contributed by atoms with Crippen LogP contribution < -0.4 is 10.2 Å². The summed E-state index contributed by atoms with van der Waals surface area (Å²) in [6.07, 6.45) is 75.2. The summed E-state index contributed by atoms with van der Waals surface area (Å²) in [6, 6.07) is 0. The summed E-state index contributed by atoms with van der Waals surface area (Å²) < 4.78 is 0. The van der Waals surface area contributed by atoms with Crippen LogP contribution in [0.25, 0.3) is 0 Å². The van der Waals surface area contributed by atoms with E-state index in [1.165, 1.54) is 321 Å². The zero-order valence-corrected chi connectivity index (χ0v) is 46.4. The number of aliphatic carboxylic acids is 2. The molecule has 65 heavy (non-hydrogen) atoms. The van der Waals surface area contributed by atoms with E-state index >= 15 is 0 Å². The van der Waals surface area contributed by atoms with Crippen LogP contribution in [-0.2, 0) is 9.59 Å². The number of carbonyl (C=O) groups excluding carboxylic acids is 2. The zero-order valence-electron chi connectivity index (χ0n) is 44.9. The summed E-state index contributed by atoms with van der Waals surface area (Å²) in [6.45, 7) is 4.59. The van der Waals surface area contributed by atoms with Crippen LogP contribution in [0.15, 0.2) is 0 Å². The standard InChI is InChI=1S/2C30H60O2.Mg/c2*1-2-3-4-5-6-7-8-9-10-11-12-13-14-15-16-17-18-19-20-21-22-23-24-25-26-27-28-29-30(31)32;/h2*2-29H2,1H3,(H,31,32);/q;;+2/p-2. The molecule has 4 nitrogen and oxygen atoms in total. The van der Waals surface area contributed by atoms with E-state index in [0.29, 0.717) is 0 Å². The topological polar surface area (TPSA) is 80.3 Å². The first-order chi connectivity index (χ1) is 31.5. The summed E-state index contributed by atoms with van der Waals surface area (Å²) in [4.78, 5) is 20.7. The Morgan fingerprint density at radius 3 is 0.385 bits per heavy atom. The van der Waals surface area contributed by atoms with Gasteiger partial charge in [0.2, 0.25) is 0 Å². The molecule has 0 radical (unpaired) electrons. The van der Waals surface area contributed by atoms with Crippen LogP contribution >= 0.6 is 0 Å². The Hall–Kier alpha value is -0.294. The fourth-order valence-corrected chi connectivity index (χ4v) is 9.52. The molecule has 0 aliphatic carbocycles. The van der Waals surface area contributed by atoms with Gasteiger partial charge >= 0.3 is 23.1 Å². The van der Waals surface area contributed by atoms with Gasteiger partial charge in [-0.2, -0.15) is 0 Å². The monoisotopic (exact) mass is 927 g/mol. The van der Waals surface area contributed by atoms with Gasteiger partial charge in [0.15, 0.2) is 0 Å². The van der Waals surface area contributed by atoms with Crippen LogP contribution in [-0.4, -0.2) is 35.0 Å². The normalized spacial score (nSPS) is 11.1. The Labute approximate surface area is 425 Å². The molecule has 0 aromatic carbocycles. The Kier molecular flexibility index (Phi) is 69.8. The first-order valence-electron chi connectivity index (χ1n) is 29.9. The maximum Gasteiger partial charge on any atom is 2.00 e. The molecular weight excluding hydrogens is 809 g/mol.